The first-order valence-corrected chi connectivity index (χ1v) is 5.33. The molecule has 1 rings (SSSR count). The molecule has 5 heteroatoms. The molecule has 0 fully saturated rings. The summed E-state index contributed by atoms with van der Waals surface area (Å²) in [6.45, 7) is 1.88. The van der Waals surface area contributed by atoms with Gasteiger partial charge in [0.25, 0.3) is 0 Å². The van der Waals surface area contributed by atoms with Crippen molar-refractivity contribution in [2.24, 2.45) is 0 Å². The molecule has 0 aliphatic rings. The third-order valence-corrected chi connectivity index (χ3v) is 3.63. The highest BCUT2D eigenvalue weighted by molar-refractivity contribution is 9.10. The van der Waals surface area contributed by atoms with Gasteiger partial charge in [-0.15, -0.1) is 11.3 Å². The fourth-order valence-electron chi connectivity index (χ4n) is 0.810. The van der Waals surface area contributed by atoms with Crippen molar-refractivity contribution in [3.05, 3.63) is 32.4 Å². The zero-order valence-corrected chi connectivity index (χ0v) is 9.68. The van der Waals surface area contributed by atoms with Gasteiger partial charge in [-0.1, -0.05) is 0 Å². The number of aryl methyl sites for hydroxylation is 1. The smallest absolute Gasteiger partial charge is 0.328 e. The van der Waals surface area contributed by atoms with E-state index < -0.39 is 5.97 Å². The van der Waals surface area contributed by atoms with Crippen molar-refractivity contribution in [2.75, 3.05) is 0 Å². The molecule has 1 aromatic heterocycles. The third-order valence-electron chi connectivity index (χ3n) is 1.48. The lowest BCUT2D eigenvalue weighted by molar-refractivity contribution is -0.131. The average molecular weight is 275 g/mol. The number of rotatable bonds is 3. The van der Waals surface area contributed by atoms with Crippen molar-refractivity contribution < 1.29 is 14.7 Å². The van der Waals surface area contributed by atoms with Gasteiger partial charge in [0.15, 0.2) is 5.78 Å². The molecule has 0 atom stereocenters. The van der Waals surface area contributed by atoms with Gasteiger partial charge in [0.1, 0.15) is 0 Å². The molecular weight excluding hydrogens is 268 g/mol. The van der Waals surface area contributed by atoms with Crippen molar-refractivity contribution in [3.8, 4) is 0 Å². The van der Waals surface area contributed by atoms with Crippen LogP contribution in [0.5, 0.6) is 0 Å². The molecule has 0 aromatic carbocycles. The van der Waals surface area contributed by atoms with Crippen molar-refractivity contribution >= 4 is 39.0 Å². The number of ketones is 1. The number of carbonyl (C=O) groups is 2. The van der Waals surface area contributed by atoms with E-state index in [1.165, 1.54) is 11.3 Å². The molecule has 1 heterocycles. The second kappa shape index (κ2) is 4.52. The first kappa shape index (κ1) is 11.1. The Morgan fingerprint density at radius 1 is 1.50 bits per heavy atom. The molecule has 74 valence electrons. The van der Waals surface area contributed by atoms with Crippen molar-refractivity contribution in [3.63, 3.8) is 0 Å². The molecule has 14 heavy (non-hydrogen) atoms. The van der Waals surface area contributed by atoms with E-state index in [0.717, 1.165) is 21.5 Å². The molecule has 0 aliphatic carbocycles. The van der Waals surface area contributed by atoms with Gasteiger partial charge in [-0.05, 0) is 35.0 Å². The Bertz CT molecular complexity index is 387. The maximum absolute atomic E-state index is 11.4. The van der Waals surface area contributed by atoms with Crippen LogP contribution in [0.2, 0.25) is 0 Å². The van der Waals surface area contributed by atoms with E-state index in [9.17, 15) is 9.59 Å². The van der Waals surface area contributed by atoms with E-state index in [1.54, 1.807) is 6.07 Å². The molecule has 0 bridgehead atoms. The average Bonchev–Trinajstić information content (AvgIpc) is 2.43. The molecule has 0 spiro atoms. The Morgan fingerprint density at radius 2 is 2.14 bits per heavy atom. The minimum atomic E-state index is -1.12. The van der Waals surface area contributed by atoms with Crippen LogP contribution in [0.3, 0.4) is 0 Å². The van der Waals surface area contributed by atoms with Gasteiger partial charge in [-0.25, -0.2) is 4.79 Å². The summed E-state index contributed by atoms with van der Waals surface area (Å²) in [4.78, 5) is 23.0. The van der Waals surface area contributed by atoms with Gasteiger partial charge in [0, 0.05) is 15.4 Å². The number of carboxylic acid groups (broad SMARTS) is 1. The second-order valence-electron chi connectivity index (χ2n) is 2.55. The monoisotopic (exact) mass is 274 g/mol. The number of hydrogen-bond acceptors (Lipinski definition) is 3. The molecule has 1 aromatic rings. The molecule has 0 saturated heterocycles. The summed E-state index contributed by atoms with van der Waals surface area (Å²) in [5.74, 6) is -1.41. The molecule has 0 saturated carbocycles. The van der Waals surface area contributed by atoms with E-state index in [1.807, 2.05) is 6.92 Å². The Labute approximate surface area is 93.2 Å². The van der Waals surface area contributed by atoms with Crippen LogP contribution in [-0.2, 0) is 4.79 Å². The van der Waals surface area contributed by atoms with Gasteiger partial charge in [-0.3, -0.25) is 4.79 Å². The molecule has 0 radical (unpaired) electrons. The Hall–Kier alpha value is -0.940. The maximum Gasteiger partial charge on any atom is 0.328 e. The zero-order chi connectivity index (χ0) is 10.7. The summed E-state index contributed by atoms with van der Waals surface area (Å²) in [7, 11) is 0. The standard InChI is InChI=1S/C9H7BrO3S/c1-5-6(10)4-8(14-5)7(11)2-3-9(12)13/h2-4H,1H3,(H,12,13)/b3-2+. The summed E-state index contributed by atoms with van der Waals surface area (Å²) in [6.07, 6.45) is 1.89. The third kappa shape index (κ3) is 2.78. The highest BCUT2D eigenvalue weighted by atomic mass is 79.9. The van der Waals surface area contributed by atoms with E-state index >= 15 is 0 Å². The molecule has 0 amide bonds. The largest absolute Gasteiger partial charge is 0.478 e. The van der Waals surface area contributed by atoms with E-state index in [-0.39, 0.29) is 5.78 Å². The minimum Gasteiger partial charge on any atom is -0.478 e. The quantitative estimate of drug-likeness (QED) is 0.681. The number of aliphatic carboxylic acids is 1. The van der Waals surface area contributed by atoms with Crippen LogP contribution in [0.1, 0.15) is 14.5 Å². The second-order valence-corrected chi connectivity index (χ2v) is 4.66. The fraction of sp³-hybridized carbons (Fsp3) is 0.111. The summed E-state index contributed by atoms with van der Waals surface area (Å²) in [5, 5.41) is 8.32. The van der Waals surface area contributed by atoms with E-state index in [4.69, 9.17) is 5.11 Å². The highest BCUT2D eigenvalue weighted by Crippen LogP contribution is 2.26. The van der Waals surface area contributed by atoms with Gasteiger partial charge in [0.05, 0.1) is 4.88 Å². The normalized spacial score (nSPS) is 10.7. The molecule has 0 aliphatic heterocycles. The van der Waals surface area contributed by atoms with Gasteiger partial charge in [-0.2, -0.15) is 0 Å². The lowest BCUT2D eigenvalue weighted by atomic mass is 10.3. The molecular formula is C9H7BrO3S. The summed E-state index contributed by atoms with van der Waals surface area (Å²) in [6, 6.07) is 1.69. The predicted octanol–water partition coefficient (Wildman–Crippen LogP) is 2.64. The number of thiophene rings is 1. The van der Waals surface area contributed by atoms with Gasteiger partial charge >= 0.3 is 5.97 Å². The number of halogens is 1. The van der Waals surface area contributed by atoms with Crippen LogP contribution in [0.4, 0.5) is 0 Å². The van der Waals surface area contributed by atoms with Crippen molar-refractivity contribution in [1.29, 1.82) is 0 Å². The van der Waals surface area contributed by atoms with Crippen molar-refractivity contribution in [1.82, 2.24) is 0 Å². The highest BCUT2D eigenvalue weighted by Gasteiger charge is 2.08. The van der Waals surface area contributed by atoms with Crippen LogP contribution in [0.25, 0.3) is 0 Å². The van der Waals surface area contributed by atoms with E-state index in [0.29, 0.717) is 4.88 Å². The summed E-state index contributed by atoms with van der Waals surface area (Å²) >= 11 is 4.62. The number of allylic oxidation sites excluding steroid dienone is 1. The lowest BCUT2D eigenvalue weighted by Crippen LogP contribution is -1.93. The molecule has 3 nitrogen and oxygen atoms in total. The zero-order valence-electron chi connectivity index (χ0n) is 7.28. The van der Waals surface area contributed by atoms with Crippen LogP contribution in [0.15, 0.2) is 22.7 Å². The SMILES string of the molecule is Cc1sc(C(=O)/C=C/C(=O)O)cc1Br. The number of carbonyl (C=O) groups excluding carboxylic acids is 1. The summed E-state index contributed by atoms with van der Waals surface area (Å²) in [5.41, 5.74) is 0. The van der Waals surface area contributed by atoms with Crippen LogP contribution >= 0.6 is 27.3 Å². The first-order chi connectivity index (χ1) is 6.50. The van der Waals surface area contributed by atoms with E-state index in [2.05, 4.69) is 15.9 Å². The first-order valence-electron chi connectivity index (χ1n) is 3.72. The maximum atomic E-state index is 11.4. The Balaban J connectivity index is 2.85. The topological polar surface area (TPSA) is 54.4 Å². The minimum absolute atomic E-state index is 0.286. The molecule has 0 unspecified atom stereocenters. The predicted molar refractivity (Wildman–Crippen MR) is 57.9 cm³/mol. The summed E-state index contributed by atoms with van der Waals surface area (Å²) < 4.78 is 0.870. The van der Waals surface area contributed by atoms with Crippen LogP contribution in [0, 0.1) is 6.92 Å². The molecule has 1 N–H and O–H groups in total. The lowest BCUT2D eigenvalue weighted by Gasteiger charge is -1.85. The van der Waals surface area contributed by atoms with Gasteiger partial charge < -0.3 is 5.11 Å². The van der Waals surface area contributed by atoms with Gasteiger partial charge in [0.2, 0.25) is 0 Å². The van der Waals surface area contributed by atoms with Crippen LogP contribution < -0.4 is 0 Å². The van der Waals surface area contributed by atoms with Crippen LogP contribution in [-0.4, -0.2) is 16.9 Å². The fourth-order valence-corrected chi connectivity index (χ4v) is 2.27. The Morgan fingerprint density at radius 3 is 2.57 bits per heavy atom. The number of carboxylic acids is 1. The number of hydrogen-bond donors (Lipinski definition) is 1. The Kier molecular flexibility index (Phi) is 3.60. The van der Waals surface area contributed by atoms with Crippen molar-refractivity contribution in [2.45, 2.75) is 6.92 Å².